The van der Waals surface area contributed by atoms with Crippen LogP contribution in [-0.4, -0.2) is 56.6 Å². The Labute approximate surface area is 157 Å². The van der Waals surface area contributed by atoms with Crippen LogP contribution < -0.4 is 15.4 Å². The second-order valence-electron chi connectivity index (χ2n) is 5.69. The van der Waals surface area contributed by atoms with Crippen LogP contribution in [0.5, 0.6) is 0 Å². The minimum atomic E-state index is -3.84. The number of aliphatic hydroxyl groups is 1. The molecule has 0 aliphatic carbocycles. The molecule has 2 rings (SSSR count). The molecule has 1 aromatic carbocycles. The van der Waals surface area contributed by atoms with E-state index in [4.69, 9.17) is 0 Å². The highest BCUT2D eigenvalue weighted by Crippen LogP contribution is 2.15. The van der Waals surface area contributed by atoms with Crippen LogP contribution in [0.2, 0.25) is 0 Å². The molecule has 2 atom stereocenters. The van der Waals surface area contributed by atoms with E-state index in [1.165, 1.54) is 0 Å². The number of β-amino-alcohol motifs (C(OH)–C–C–N with tert-alkyl or cyclic N) is 1. The van der Waals surface area contributed by atoms with Gasteiger partial charge in [0.1, 0.15) is 0 Å². The highest BCUT2D eigenvalue weighted by atomic mass is 35.5. The van der Waals surface area contributed by atoms with E-state index in [1.54, 1.807) is 0 Å². The van der Waals surface area contributed by atoms with Gasteiger partial charge in [0.05, 0.1) is 15.9 Å². The lowest BCUT2D eigenvalue weighted by atomic mass is 10.1. The van der Waals surface area contributed by atoms with E-state index in [-0.39, 0.29) is 47.8 Å². The van der Waals surface area contributed by atoms with Gasteiger partial charge in [-0.15, -0.1) is 12.4 Å². The summed E-state index contributed by atoms with van der Waals surface area (Å²) in [7, 11) is -3.84. The van der Waals surface area contributed by atoms with Crippen LogP contribution in [0, 0.1) is 16.0 Å². The Kier molecular flexibility index (Phi) is 8.37. The summed E-state index contributed by atoms with van der Waals surface area (Å²) in [6, 6.07) is 4.47. The number of amides is 1. The van der Waals surface area contributed by atoms with Crippen molar-refractivity contribution < 1.29 is 23.2 Å². The highest BCUT2D eigenvalue weighted by molar-refractivity contribution is 7.89. The zero-order valence-electron chi connectivity index (χ0n) is 13.8. The molecule has 1 amide bonds. The average Bonchev–Trinajstić information content (AvgIpc) is 2.98. The predicted molar refractivity (Wildman–Crippen MR) is 95.5 cm³/mol. The monoisotopic (exact) mass is 408 g/mol. The van der Waals surface area contributed by atoms with Gasteiger partial charge in [-0.3, -0.25) is 14.9 Å². The van der Waals surface area contributed by atoms with Crippen LogP contribution in [0.15, 0.2) is 29.2 Å². The number of hydrogen-bond acceptors (Lipinski definition) is 7. The molecular weight excluding hydrogens is 388 g/mol. The Balaban J connectivity index is 0.00000338. The molecular formula is C14H21ClN4O6S. The van der Waals surface area contributed by atoms with Gasteiger partial charge >= 0.3 is 0 Å². The zero-order chi connectivity index (χ0) is 18.4. The summed E-state index contributed by atoms with van der Waals surface area (Å²) >= 11 is 0. The Morgan fingerprint density at radius 2 is 1.96 bits per heavy atom. The van der Waals surface area contributed by atoms with Crippen LogP contribution in [0.3, 0.4) is 0 Å². The predicted octanol–water partition coefficient (Wildman–Crippen LogP) is -0.618. The molecule has 1 fully saturated rings. The van der Waals surface area contributed by atoms with Crippen molar-refractivity contribution in [2.24, 2.45) is 5.92 Å². The molecule has 26 heavy (non-hydrogen) atoms. The third-order valence-electron chi connectivity index (χ3n) is 3.87. The zero-order valence-corrected chi connectivity index (χ0v) is 15.4. The van der Waals surface area contributed by atoms with E-state index in [0.29, 0.717) is 19.6 Å². The van der Waals surface area contributed by atoms with Crippen LogP contribution in [0.25, 0.3) is 0 Å². The van der Waals surface area contributed by atoms with Gasteiger partial charge in [-0.25, -0.2) is 13.1 Å². The fourth-order valence-corrected chi connectivity index (χ4v) is 3.42. The number of carbonyl (C=O) groups excluding carboxylic acids is 1. The molecule has 0 radical (unpaired) electrons. The molecule has 4 N–H and O–H groups in total. The lowest BCUT2D eigenvalue weighted by molar-refractivity contribution is -0.384. The van der Waals surface area contributed by atoms with E-state index in [9.17, 15) is 28.4 Å². The summed E-state index contributed by atoms with van der Waals surface area (Å²) in [5.74, 6) is -0.383. The smallest absolute Gasteiger partial charge is 0.269 e. The molecule has 0 aromatic heterocycles. The Morgan fingerprint density at radius 1 is 1.31 bits per heavy atom. The number of sulfonamides is 1. The van der Waals surface area contributed by atoms with Crippen molar-refractivity contribution in [3.8, 4) is 0 Å². The summed E-state index contributed by atoms with van der Waals surface area (Å²) in [6.45, 7) is 1.34. The number of nitro benzene ring substituents is 1. The van der Waals surface area contributed by atoms with Gasteiger partial charge in [-0.05, 0) is 12.1 Å². The first-order valence-corrected chi connectivity index (χ1v) is 9.17. The fourth-order valence-electron chi connectivity index (χ4n) is 2.39. The maximum Gasteiger partial charge on any atom is 0.269 e. The molecule has 10 nitrogen and oxygen atoms in total. The Hall–Kier alpha value is -1.79. The fraction of sp³-hybridized carbons (Fsp3) is 0.500. The Morgan fingerprint density at radius 3 is 2.50 bits per heavy atom. The van der Waals surface area contributed by atoms with Crippen LogP contribution in [0.1, 0.15) is 6.42 Å². The van der Waals surface area contributed by atoms with Crippen LogP contribution in [0.4, 0.5) is 5.69 Å². The lowest BCUT2D eigenvalue weighted by Gasteiger charge is -2.14. The van der Waals surface area contributed by atoms with Crippen molar-refractivity contribution >= 4 is 34.0 Å². The van der Waals surface area contributed by atoms with E-state index in [0.717, 1.165) is 24.3 Å². The number of benzene rings is 1. The third-order valence-corrected chi connectivity index (χ3v) is 5.34. The molecule has 12 heteroatoms. The second kappa shape index (κ2) is 9.78. The van der Waals surface area contributed by atoms with Gasteiger partial charge in [0.2, 0.25) is 15.9 Å². The van der Waals surface area contributed by atoms with E-state index >= 15 is 0 Å². The van der Waals surface area contributed by atoms with Crippen LogP contribution >= 0.6 is 12.4 Å². The Bertz CT molecular complexity index is 727. The molecule has 2 unspecified atom stereocenters. The van der Waals surface area contributed by atoms with Crippen molar-refractivity contribution in [1.82, 2.24) is 15.4 Å². The molecule has 0 saturated carbocycles. The number of halogens is 1. The largest absolute Gasteiger partial charge is 0.391 e. The highest BCUT2D eigenvalue weighted by Gasteiger charge is 2.25. The van der Waals surface area contributed by atoms with Crippen LogP contribution in [-0.2, 0) is 14.8 Å². The summed E-state index contributed by atoms with van der Waals surface area (Å²) in [5, 5.41) is 25.8. The normalized spacial score (nSPS) is 19.6. The first kappa shape index (κ1) is 22.3. The molecule has 0 bridgehead atoms. The van der Waals surface area contributed by atoms with Crippen molar-refractivity contribution in [3.63, 3.8) is 0 Å². The topological polar surface area (TPSA) is 151 Å². The maximum atomic E-state index is 12.1. The maximum absolute atomic E-state index is 12.1. The summed E-state index contributed by atoms with van der Waals surface area (Å²) in [6.07, 6.45) is -0.552. The third kappa shape index (κ3) is 6.18. The second-order valence-corrected chi connectivity index (χ2v) is 7.46. The molecule has 1 aliphatic rings. The number of nitrogens with one attached hydrogen (secondary N) is 3. The minimum Gasteiger partial charge on any atom is -0.391 e. The number of aliphatic hydroxyl groups excluding tert-OH is 1. The van der Waals surface area contributed by atoms with Crippen molar-refractivity contribution in [1.29, 1.82) is 0 Å². The quantitative estimate of drug-likeness (QED) is 0.330. The van der Waals surface area contributed by atoms with E-state index < -0.39 is 21.1 Å². The van der Waals surface area contributed by atoms with Crippen molar-refractivity contribution in [2.75, 3.05) is 26.2 Å². The summed E-state index contributed by atoms with van der Waals surface area (Å²) < 4.78 is 26.4. The number of carbonyl (C=O) groups is 1. The van der Waals surface area contributed by atoms with Gasteiger partial charge in [0.25, 0.3) is 5.69 Å². The van der Waals surface area contributed by atoms with E-state index in [2.05, 4.69) is 15.4 Å². The van der Waals surface area contributed by atoms with Gasteiger partial charge in [-0.1, -0.05) is 0 Å². The first-order valence-electron chi connectivity index (χ1n) is 7.69. The van der Waals surface area contributed by atoms with Gasteiger partial charge < -0.3 is 15.7 Å². The van der Waals surface area contributed by atoms with Crippen molar-refractivity contribution in [2.45, 2.75) is 17.4 Å². The number of nitrogens with zero attached hydrogens (tertiary/aromatic N) is 1. The molecule has 1 saturated heterocycles. The number of rotatable bonds is 8. The van der Waals surface area contributed by atoms with E-state index in [1.807, 2.05) is 0 Å². The first-order chi connectivity index (χ1) is 11.8. The van der Waals surface area contributed by atoms with Crippen molar-refractivity contribution in [3.05, 3.63) is 34.4 Å². The summed E-state index contributed by atoms with van der Waals surface area (Å²) in [5.41, 5.74) is -0.207. The number of non-ortho nitro benzene ring substituents is 1. The standard InChI is InChI=1S/C14H20N4O6S.ClH/c19-13-9-15-7-10(13)8-16-14(20)5-6-17-25(23,24)12-3-1-11(2-4-12)18(21)22;/h1-4,10,13,15,17,19H,5-9H2,(H,16,20);1H. The molecule has 1 heterocycles. The van der Waals surface area contributed by atoms with Gasteiger partial charge in [0, 0.05) is 50.7 Å². The average molecular weight is 409 g/mol. The molecule has 0 spiro atoms. The number of nitro groups is 1. The lowest BCUT2D eigenvalue weighted by Crippen LogP contribution is -2.36. The number of hydrogen-bond donors (Lipinski definition) is 4. The SMILES string of the molecule is Cl.O=C(CCNS(=O)(=O)c1ccc([N+](=O)[O-])cc1)NCC1CNCC1O. The molecule has 146 valence electrons. The summed E-state index contributed by atoms with van der Waals surface area (Å²) in [4.78, 5) is 21.6. The van der Waals surface area contributed by atoms with Gasteiger partial charge in [-0.2, -0.15) is 0 Å². The minimum absolute atomic E-state index is 0. The molecule has 1 aliphatic heterocycles. The molecule has 1 aromatic rings. The van der Waals surface area contributed by atoms with Gasteiger partial charge in [0.15, 0.2) is 0 Å².